The van der Waals surface area contributed by atoms with Gasteiger partial charge in [-0.3, -0.25) is 0 Å². The van der Waals surface area contributed by atoms with Gasteiger partial charge in [0.25, 0.3) is 0 Å². The second-order valence-corrected chi connectivity index (χ2v) is 7.98. The van der Waals surface area contributed by atoms with Gasteiger partial charge in [-0.2, -0.15) is 4.98 Å². The van der Waals surface area contributed by atoms with Crippen LogP contribution in [0.1, 0.15) is 45.5 Å². The van der Waals surface area contributed by atoms with Crippen LogP contribution in [0, 0.1) is 0 Å². The topological polar surface area (TPSA) is 73.1 Å². The Kier molecular flexibility index (Phi) is 5.58. The first-order valence-electron chi connectivity index (χ1n) is 8.42. The molecule has 0 spiro atoms. The maximum atomic E-state index is 6.07. The Morgan fingerprint density at radius 1 is 1.15 bits per heavy atom. The standard InChI is InChI=1S/C19H20Cl2N4O2/c1-11(16-24-18(25-27-16)19(2,3)4)23-13-5-7-14(8-6-13)26-17-15(21)9-12(20)10-22-17/h5-11,23H,1-4H3/t11-/m1/s1. The molecule has 2 heterocycles. The second kappa shape index (κ2) is 7.74. The third-order valence-electron chi connectivity index (χ3n) is 3.71. The lowest BCUT2D eigenvalue weighted by Crippen LogP contribution is -2.14. The van der Waals surface area contributed by atoms with E-state index in [0.29, 0.717) is 33.4 Å². The number of ether oxygens (including phenoxy) is 1. The molecule has 142 valence electrons. The van der Waals surface area contributed by atoms with E-state index in [9.17, 15) is 0 Å². The first-order chi connectivity index (χ1) is 12.7. The first-order valence-corrected chi connectivity index (χ1v) is 9.17. The molecule has 3 aromatic rings. The summed E-state index contributed by atoms with van der Waals surface area (Å²) in [7, 11) is 0. The highest BCUT2D eigenvalue weighted by molar-refractivity contribution is 6.35. The average Bonchev–Trinajstić information content (AvgIpc) is 3.09. The number of nitrogens with one attached hydrogen (secondary N) is 1. The second-order valence-electron chi connectivity index (χ2n) is 7.14. The first kappa shape index (κ1) is 19.5. The molecule has 27 heavy (non-hydrogen) atoms. The van der Waals surface area contributed by atoms with Crippen LogP contribution in [0.4, 0.5) is 5.69 Å². The fraction of sp³-hybridized carbons (Fsp3) is 0.316. The van der Waals surface area contributed by atoms with Crippen LogP contribution in [-0.2, 0) is 5.41 Å². The third kappa shape index (κ3) is 4.90. The van der Waals surface area contributed by atoms with Crippen molar-refractivity contribution in [2.75, 3.05) is 5.32 Å². The van der Waals surface area contributed by atoms with Gasteiger partial charge in [0.05, 0.1) is 5.02 Å². The molecule has 0 bridgehead atoms. The van der Waals surface area contributed by atoms with Gasteiger partial charge in [0.2, 0.25) is 11.8 Å². The lowest BCUT2D eigenvalue weighted by Gasteiger charge is -2.13. The number of hydrogen-bond acceptors (Lipinski definition) is 6. The monoisotopic (exact) mass is 406 g/mol. The van der Waals surface area contributed by atoms with Crippen LogP contribution < -0.4 is 10.1 Å². The van der Waals surface area contributed by atoms with Gasteiger partial charge in [-0.05, 0) is 37.3 Å². The minimum Gasteiger partial charge on any atom is -0.438 e. The Bertz CT molecular complexity index is 920. The molecule has 0 aliphatic heterocycles. The highest BCUT2D eigenvalue weighted by Gasteiger charge is 2.23. The van der Waals surface area contributed by atoms with Crippen molar-refractivity contribution in [1.29, 1.82) is 0 Å². The molecule has 1 atom stereocenters. The summed E-state index contributed by atoms with van der Waals surface area (Å²) >= 11 is 11.9. The zero-order chi connectivity index (χ0) is 19.6. The van der Waals surface area contributed by atoms with Crippen molar-refractivity contribution in [3.63, 3.8) is 0 Å². The van der Waals surface area contributed by atoms with E-state index in [1.807, 2.05) is 52.0 Å². The smallest absolute Gasteiger partial charge is 0.248 e. The molecular weight excluding hydrogens is 387 g/mol. The van der Waals surface area contributed by atoms with Gasteiger partial charge in [-0.25, -0.2) is 4.98 Å². The van der Waals surface area contributed by atoms with Crippen molar-refractivity contribution in [3.05, 3.63) is 58.3 Å². The molecule has 1 aromatic carbocycles. The van der Waals surface area contributed by atoms with E-state index >= 15 is 0 Å². The summed E-state index contributed by atoms with van der Waals surface area (Å²) in [4.78, 5) is 8.55. The van der Waals surface area contributed by atoms with E-state index in [2.05, 4.69) is 20.4 Å². The molecule has 0 saturated heterocycles. The van der Waals surface area contributed by atoms with Crippen molar-refractivity contribution in [3.8, 4) is 11.6 Å². The maximum absolute atomic E-state index is 6.07. The van der Waals surface area contributed by atoms with Crippen LogP contribution in [0.5, 0.6) is 11.6 Å². The SMILES string of the molecule is C[C@@H](Nc1ccc(Oc2ncc(Cl)cc2Cl)cc1)c1nc(C(C)(C)C)no1. The summed E-state index contributed by atoms with van der Waals surface area (Å²) in [6.45, 7) is 8.09. The predicted octanol–water partition coefficient (Wildman–Crippen LogP) is 6.03. The highest BCUT2D eigenvalue weighted by atomic mass is 35.5. The van der Waals surface area contributed by atoms with E-state index in [0.717, 1.165) is 5.69 Å². The number of benzene rings is 1. The zero-order valence-corrected chi connectivity index (χ0v) is 17.0. The fourth-order valence-electron chi connectivity index (χ4n) is 2.24. The van der Waals surface area contributed by atoms with Crippen molar-refractivity contribution >= 4 is 28.9 Å². The van der Waals surface area contributed by atoms with Crippen molar-refractivity contribution in [2.45, 2.75) is 39.2 Å². The van der Waals surface area contributed by atoms with Gasteiger partial charge in [0, 0.05) is 17.3 Å². The van der Waals surface area contributed by atoms with Gasteiger partial charge < -0.3 is 14.6 Å². The molecule has 3 rings (SSSR count). The molecule has 6 nitrogen and oxygen atoms in total. The molecule has 0 fully saturated rings. The fourth-order valence-corrected chi connectivity index (χ4v) is 2.65. The molecule has 8 heteroatoms. The number of hydrogen-bond donors (Lipinski definition) is 1. The van der Waals surface area contributed by atoms with Crippen LogP contribution in [0.25, 0.3) is 0 Å². The third-order valence-corrected chi connectivity index (χ3v) is 4.19. The van der Waals surface area contributed by atoms with Crippen LogP contribution in [0.3, 0.4) is 0 Å². The Hall–Kier alpha value is -2.31. The molecule has 0 unspecified atom stereocenters. The lowest BCUT2D eigenvalue weighted by molar-refractivity contribution is 0.354. The van der Waals surface area contributed by atoms with Crippen molar-refractivity contribution in [1.82, 2.24) is 15.1 Å². The van der Waals surface area contributed by atoms with E-state index in [1.54, 1.807) is 6.07 Å². The largest absolute Gasteiger partial charge is 0.438 e. The van der Waals surface area contributed by atoms with Crippen molar-refractivity contribution < 1.29 is 9.26 Å². The summed E-state index contributed by atoms with van der Waals surface area (Å²) in [5, 5.41) is 8.18. The van der Waals surface area contributed by atoms with Gasteiger partial charge in [-0.15, -0.1) is 0 Å². The molecule has 0 aliphatic rings. The molecule has 0 aliphatic carbocycles. The number of anilines is 1. The normalized spacial score (nSPS) is 12.7. The zero-order valence-electron chi connectivity index (χ0n) is 15.5. The minimum absolute atomic E-state index is 0.132. The Labute approximate surface area is 167 Å². The van der Waals surface area contributed by atoms with Crippen LogP contribution in [-0.4, -0.2) is 15.1 Å². The minimum atomic E-state index is -0.155. The van der Waals surface area contributed by atoms with Gasteiger partial charge in [0.1, 0.15) is 16.8 Å². The van der Waals surface area contributed by atoms with Gasteiger partial charge in [0.15, 0.2) is 5.82 Å². The number of halogens is 2. The van der Waals surface area contributed by atoms with Crippen LogP contribution >= 0.6 is 23.2 Å². The number of aromatic nitrogens is 3. The predicted molar refractivity (Wildman–Crippen MR) is 106 cm³/mol. The van der Waals surface area contributed by atoms with E-state index in [4.69, 9.17) is 32.5 Å². The summed E-state index contributed by atoms with van der Waals surface area (Å²) in [6.07, 6.45) is 1.48. The number of nitrogens with zero attached hydrogens (tertiary/aromatic N) is 3. The Morgan fingerprint density at radius 3 is 2.44 bits per heavy atom. The summed E-state index contributed by atoms with van der Waals surface area (Å²) < 4.78 is 11.0. The van der Waals surface area contributed by atoms with Crippen molar-refractivity contribution in [2.24, 2.45) is 0 Å². The highest BCUT2D eigenvalue weighted by Crippen LogP contribution is 2.30. The van der Waals surface area contributed by atoms with E-state index in [-0.39, 0.29) is 11.5 Å². The van der Waals surface area contributed by atoms with Crippen LogP contribution in [0.15, 0.2) is 41.1 Å². The molecular formula is C19H20Cl2N4O2. The summed E-state index contributed by atoms with van der Waals surface area (Å²) in [5.74, 6) is 2.13. The average molecular weight is 407 g/mol. The molecule has 0 radical (unpaired) electrons. The maximum Gasteiger partial charge on any atom is 0.248 e. The van der Waals surface area contributed by atoms with Crippen LogP contribution in [0.2, 0.25) is 10.0 Å². The van der Waals surface area contributed by atoms with E-state index < -0.39 is 0 Å². The Balaban J connectivity index is 1.65. The lowest BCUT2D eigenvalue weighted by atomic mass is 9.96. The summed E-state index contributed by atoms with van der Waals surface area (Å²) in [6, 6.07) is 8.85. The molecule has 2 aromatic heterocycles. The molecule has 0 amide bonds. The molecule has 0 saturated carbocycles. The van der Waals surface area contributed by atoms with Gasteiger partial charge >= 0.3 is 0 Å². The quantitative estimate of drug-likeness (QED) is 0.556. The Morgan fingerprint density at radius 2 is 1.85 bits per heavy atom. The van der Waals surface area contributed by atoms with E-state index in [1.165, 1.54) is 6.20 Å². The molecule has 1 N–H and O–H groups in total. The number of rotatable bonds is 5. The number of pyridine rings is 1. The summed E-state index contributed by atoms with van der Waals surface area (Å²) in [5.41, 5.74) is 0.734. The van der Waals surface area contributed by atoms with Gasteiger partial charge in [-0.1, -0.05) is 49.1 Å².